The zero-order valence-electron chi connectivity index (χ0n) is 16.1. The highest BCUT2D eigenvalue weighted by molar-refractivity contribution is 9.10. The van der Waals surface area contributed by atoms with E-state index in [-0.39, 0.29) is 24.4 Å². The Labute approximate surface area is 179 Å². The number of rotatable bonds is 7. The van der Waals surface area contributed by atoms with E-state index < -0.39 is 23.6 Å². The fourth-order valence-electron chi connectivity index (χ4n) is 2.31. The first kappa shape index (κ1) is 23.4. The van der Waals surface area contributed by atoms with Gasteiger partial charge in [-0.15, -0.1) is 0 Å². The average Bonchev–Trinajstić information content (AvgIpc) is 2.65. The van der Waals surface area contributed by atoms with Gasteiger partial charge in [-0.05, 0) is 65.7 Å². The number of nitrogens with zero attached hydrogens (tertiary/aromatic N) is 1. The summed E-state index contributed by atoms with van der Waals surface area (Å²) < 4.78 is 44.2. The Hall–Kier alpha value is -2.88. The zero-order chi connectivity index (χ0) is 22.3. The van der Waals surface area contributed by atoms with Gasteiger partial charge in [0, 0.05) is 11.4 Å². The van der Waals surface area contributed by atoms with E-state index >= 15 is 0 Å². The summed E-state index contributed by atoms with van der Waals surface area (Å²) in [7, 11) is 0. The molecule has 0 heterocycles. The molecule has 0 aliphatic heterocycles. The molecule has 2 amide bonds. The number of alkyl halides is 3. The molecular weight excluding hydrogens is 467 g/mol. The summed E-state index contributed by atoms with van der Waals surface area (Å²) in [6.45, 7) is 3.14. The van der Waals surface area contributed by atoms with Gasteiger partial charge >= 0.3 is 6.18 Å². The Morgan fingerprint density at radius 3 is 2.53 bits per heavy atom. The molecule has 0 aromatic heterocycles. The Bertz CT molecular complexity index is 962. The molecule has 160 valence electrons. The quantitative estimate of drug-likeness (QED) is 0.441. The molecule has 0 bridgehead atoms. The lowest BCUT2D eigenvalue weighted by atomic mass is 10.2. The largest absolute Gasteiger partial charge is 0.483 e. The van der Waals surface area contributed by atoms with E-state index in [1.807, 2.05) is 19.1 Å². The number of ether oxygens (including phenoxy) is 1. The summed E-state index contributed by atoms with van der Waals surface area (Å²) in [6.07, 6.45) is -4.71. The molecule has 2 aromatic rings. The van der Waals surface area contributed by atoms with Crippen molar-refractivity contribution in [1.82, 2.24) is 5.43 Å². The van der Waals surface area contributed by atoms with Crippen molar-refractivity contribution in [3.63, 3.8) is 0 Å². The third kappa shape index (κ3) is 7.51. The number of hydrazone groups is 1. The van der Waals surface area contributed by atoms with Gasteiger partial charge < -0.3 is 10.1 Å². The normalized spacial score (nSPS) is 11.7. The van der Waals surface area contributed by atoms with Crippen LogP contribution in [0.2, 0.25) is 0 Å². The van der Waals surface area contributed by atoms with E-state index in [4.69, 9.17) is 4.74 Å². The third-order valence-electron chi connectivity index (χ3n) is 3.71. The van der Waals surface area contributed by atoms with E-state index in [2.05, 4.69) is 31.8 Å². The van der Waals surface area contributed by atoms with Gasteiger partial charge in [0.2, 0.25) is 5.91 Å². The van der Waals surface area contributed by atoms with Crippen LogP contribution in [0.3, 0.4) is 0 Å². The monoisotopic (exact) mass is 485 g/mol. The van der Waals surface area contributed by atoms with Crippen molar-refractivity contribution in [2.75, 3.05) is 11.9 Å². The highest BCUT2D eigenvalue weighted by Crippen LogP contribution is 2.30. The number of benzene rings is 2. The van der Waals surface area contributed by atoms with Crippen LogP contribution in [0.15, 0.2) is 52.0 Å². The van der Waals surface area contributed by atoms with E-state index in [1.54, 1.807) is 6.07 Å². The second-order valence-electron chi connectivity index (χ2n) is 6.41. The number of anilines is 1. The van der Waals surface area contributed by atoms with Gasteiger partial charge in [0.15, 0.2) is 6.61 Å². The molecule has 10 heteroatoms. The van der Waals surface area contributed by atoms with Gasteiger partial charge in [-0.1, -0.05) is 12.1 Å². The van der Waals surface area contributed by atoms with Crippen molar-refractivity contribution < 1.29 is 27.5 Å². The third-order valence-corrected chi connectivity index (χ3v) is 4.33. The van der Waals surface area contributed by atoms with Crippen LogP contribution in [-0.2, 0) is 15.8 Å². The van der Waals surface area contributed by atoms with Crippen molar-refractivity contribution in [3.05, 3.63) is 58.1 Å². The fourth-order valence-corrected chi connectivity index (χ4v) is 2.91. The Morgan fingerprint density at radius 1 is 1.13 bits per heavy atom. The van der Waals surface area contributed by atoms with Crippen LogP contribution < -0.4 is 15.5 Å². The van der Waals surface area contributed by atoms with Crippen LogP contribution in [-0.4, -0.2) is 24.1 Å². The van der Waals surface area contributed by atoms with Gasteiger partial charge in [-0.2, -0.15) is 18.3 Å². The van der Waals surface area contributed by atoms with E-state index in [1.165, 1.54) is 19.1 Å². The lowest BCUT2D eigenvalue weighted by Gasteiger charge is -2.10. The maximum absolute atomic E-state index is 12.7. The zero-order valence-corrected chi connectivity index (χ0v) is 17.7. The SMILES string of the molecule is C/C(CC(=O)Nc1cccc(C(F)(F)F)c1)=N\NC(=O)COc1ccc(C)cc1Br. The molecule has 0 atom stereocenters. The minimum absolute atomic E-state index is 0.0173. The molecule has 0 saturated carbocycles. The lowest BCUT2D eigenvalue weighted by Crippen LogP contribution is -2.26. The smallest absolute Gasteiger partial charge is 0.416 e. The fraction of sp³-hybridized carbons (Fsp3) is 0.250. The summed E-state index contributed by atoms with van der Waals surface area (Å²) in [5.74, 6) is -0.596. The van der Waals surface area contributed by atoms with Crippen LogP contribution in [0, 0.1) is 6.92 Å². The topological polar surface area (TPSA) is 79.8 Å². The van der Waals surface area contributed by atoms with Gasteiger partial charge in [0.25, 0.3) is 5.91 Å². The predicted octanol–water partition coefficient (Wildman–Crippen LogP) is 4.68. The predicted molar refractivity (Wildman–Crippen MR) is 110 cm³/mol. The molecule has 0 spiro atoms. The first-order valence-electron chi connectivity index (χ1n) is 8.72. The van der Waals surface area contributed by atoms with Crippen LogP contribution >= 0.6 is 15.9 Å². The van der Waals surface area contributed by atoms with Crippen LogP contribution in [0.4, 0.5) is 18.9 Å². The molecule has 30 heavy (non-hydrogen) atoms. The highest BCUT2D eigenvalue weighted by atomic mass is 79.9. The molecule has 2 N–H and O–H groups in total. The summed E-state index contributed by atoms with van der Waals surface area (Å²) in [5, 5.41) is 6.16. The first-order chi connectivity index (χ1) is 14.0. The second-order valence-corrected chi connectivity index (χ2v) is 7.26. The number of halogens is 4. The maximum Gasteiger partial charge on any atom is 0.416 e. The molecule has 2 rings (SSSR count). The van der Waals surface area contributed by atoms with Crippen molar-refractivity contribution in [3.8, 4) is 5.75 Å². The number of hydrogen-bond donors (Lipinski definition) is 2. The first-order valence-corrected chi connectivity index (χ1v) is 9.52. The molecule has 6 nitrogen and oxygen atoms in total. The number of carbonyl (C=O) groups is 2. The summed E-state index contributed by atoms with van der Waals surface area (Å²) in [6, 6.07) is 9.71. The van der Waals surface area contributed by atoms with E-state index in [0.29, 0.717) is 10.2 Å². The van der Waals surface area contributed by atoms with E-state index in [0.717, 1.165) is 17.7 Å². The van der Waals surface area contributed by atoms with E-state index in [9.17, 15) is 22.8 Å². The Balaban J connectivity index is 1.83. The summed E-state index contributed by atoms with van der Waals surface area (Å²) >= 11 is 3.34. The number of hydrogen-bond acceptors (Lipinski definition) is 4. The highest BCUT2D eigenvalue weighted by Gasteiger charge is 2.30. The molecule has 0 radical (unpaired) electrons. The molecule has 0 aliphatic carbocycles. The lowest BCUT2D eigenvalue weighted by molar-refractivity contribution is -0.137. The van der Waals surface area contributed by atoms with Gasteiger partial charge in [-0.25, -0.2) is 5.43 Å². The molecule has 0 unspecified atom stereocenters. The van der Waals surface area contributed by atoms with Crippen molar-refractivity contribution in [2.45, 2.75) is 26.4 Å². The van der Waals surface area contributed by atoms with Crippen molar-refractivity contribution in [2.24, 2.45) is 5.10 Å². The summed E-state index contributed by atoms with van der Waals surface area (Å²) in [5.41, 5.74) is 2.71. The minimum Gasteiger partial charge on any atom is -0.483 e. The molecule has 2 aromatic carbocycles. The number of carbonyl (C=O) groups excluding carboxylic acids is 2. The molecular formula is C20H19BrF3N3O3. The molecule has 0 aliphatic rings. The Kier molecular flexibility index (Phi) is 7.99. The van der Waals surface area contributed by atoms with Gasteiger partial charge in [0.1, 0.15) is 5.75 Å². The van der Waals surface area contributed by atoms with Crippen LogP contribution in [0.25, 0.3) is 0 Å². The number of aryl methyl sites for hydroxylation is 1. The number of nitrogens with one attached hydrogen (secondary N) is 2. The van der Waals surface area contributed by atoms with Crippen molar-refractivity contribution in [1.29, 1.82) is 0 Å². The Morgan fingerprint density at radius 2 is 1.87 bits per heavy atom. The molecule has 0 fully saturated rings. The second kappa shape index (κ2) is 10.2. The molecule has 0 saturated heterocycles. The van der Waals surface area contributed by atoms with Crippen LogP contribution in [0.5, 0.6) is 5.75 Å². The van der Waals surface area contributed by atoms with Gasteiger partial charge in [0.05, 0.1) is 16.5 Å². The van der Waals surface area contributed by atoms with Crippen LogP contribution in [0.1, 0.15) is 24.5 Å². The maximum atomic E-state index is 12.7. The minimum atomic E-state index is -4.50. The van der Waals surface area contributed by atoms with Crippen molar-refractivity contribution >= 4 is 39.1 Å². The average molecular weight is 486 g/mol. The standard InChI is InChI=1S/C20H19BrF3N3O3/c1-12-6-7-17(16(21)8-12)30-11-19(29)27-26-13(2)9-18(28)25-15-5-3-4-14(10-15)20(22,23)24/h3-8,10H,9,11H2,1-2H3,(H,25,28)(H,27,29)/b26-13+. The number of amides is 2. The van der Waals surface area contributed by atoms with Gasteiger partial charge in [-0.3, -0.25) is 9.59 Å². The summed E-state index contributed by atoms with van der Waals surface area (Å²) in [4.78, 5) is 23.8.